The molecule has 0 aliphatic carbocycles. The maximum Gasteiger partial charge on any atom is 0.303 e. The zero-order valence-corrected chi connectivity index (χ0v) is 16.2. The molecule has 0 aromatic heterocycles. The molecule has 1 unspecified atom stereocenters. The molecule has 2 N–H and O–H groups in total. The van der Waals surface area contributed by atoms with E-state index in [0.29, 0.717) is 30.1 Å². The number of carboxylic acid groups (broad SMARTS) is 1. The molecule has 2 rings (SSSR count). The lowest BCUT2D eigenvalue weighted by Crippen LogP contribution is -2.37. The highest BCUT2D eigenvalue weighted by atomic mass is 16.5. The number of carbonyl (C=O) groups is 2. The van der Waals surface area contributed by atoms with Gasteiger partial charge in [-0.05, 0) is 18.4 Å². The molecule has 2 aromatic rings. The van der Waals surface area contributed by atoms with Gasteiger partial charge in [0.05, 0.1) is 26.9 Å². The molecule has 150 valence electrons. The summed E-state index contributed by atoms with van der Waals surface area (Å²) in [7, 11) is 4.44. The van der Waals surface area contributed by atoms with Crippen LogP contribution in [0.25, 0.3) is 0 Å². The number of carboxylic acids is 1. The van der Waals surface area contributed by atoms with Crippen LogP contribution in [-0.2, 0) is 11.2 Å². The second-order valence-corrected chi connectivity index (χ2v) is 6.20. The Balaban J connectivity index is 2.25. The van der Waals surface area contributed by atoms with Crippen LogP contribution >= 0.6 is 0 Å². The van der Waals surface area contributed by atoms with Gasteiger partial charge in [-0.15, -0.1) is 0 Å². The molecule has 0 aliphatic heterocycles. The fourth-order valence-corrected chi connectivity index (χ4v) is 2.89. The van der Waals surface area contributed by atoms with Crippen LogP contribution in [0, 0.1) is 0 Å². The lowest BCUT2D eigenvalue weighted by Gasteiger charge is -2.20. The van der Waals surface area contributed by atoms with Crippen molar-refractivity contribution >= 4 is 11.9 Å². The summed E-state index contributed by atoms with van der Waals surface area (Å²) < 4.78 is 15.8. The van der Waals surface area contributed by atoms with Crippen molar-refractivity contribution in [2.75, 3.05) is 21.3 Å². The lowest BCUT2D eigenvalue weighted by molar-refractivity contribution is -0.137. The first kappa shape index (κ1) is 21.1. The minimum Gasteiger partial charge on any atom is -0.496 e. The number of aliphatic carboxylic acids is 1. The summed E-state index contributed by atoms with van der Waals surface area (Å²) in [5, 5.41) is 11.9. The Kier molecular flexibility index (Phi) is 7.68. The third-order valence-electron chi connectivity index (χ3n) is 4.32. The predicted molar refractivity (Wildman–Crippen MR) is 104 cm³/mol. The monoisotopic (exact) mass is 387 g/mol. The van der Waals surface area contributed by atoms with Crippen LogP contribution in [0.5, 0.6) is 17.2 Å². The van der Waals surface area contributed by atoms with E-state index in [4.69, 9.17) is 19.3 Å². The highest BCUT2D eigenvalue weighted by Crippen LogP contribution is 2.34. The van der Waals surface area contributed by atoms with Gasteiger partial charge in [-0.2, -0.15) is 0 Å². The third kappa shape index (κ3) is 5.64. The second-order valence-electron chi connectivity index (χ2n) is 6.20. The van der Waals surface area contributed by atoms with E-state index in [1.165, 1.54) is 21.3 Å². The minimum atomic E-state index is -0.906. The summed E-state index contributed by atoms with van der Waals surface area (Å²) in [6, 6.07) is 12.4. The van der Waals surface area contributed by atoms with Crippen LogP contribution in [0.2, 0.25) is 0 Å². The Bertz CT molecular complexity index is 806. The van der Waals surface area contributed by atoms with Crippen LogP contribution in [0.3, 0.4) is 0 Å². The van der Waals surface area contributed by atoms with Crippen molar-refractivity contribution in [2.45, 2.75) is 25.3 Å². The molecule has 0 fully saturated rings. The van der Waals surface area contributed by atoms with Gasteiger partial charge in [-0.25, -0.2) is 0 Å². The highest BCUT2D eigenvalue weighted by molar-refractivity contribution is 5.98. The maximum absolute atomic E-state index is 12.9. The SMILES string of the molecule is COc1cc(OC)c(C(=O)NC(CCC(=O)O)Cc2ccccc2)cc1OC. The Hall–Kier alpha value is -3.22. The predicted octanol–water partition coefficient (Wildman–Crippen LogP) is 2.92. The number of nitrogens with one attached hydrogen (secondary N) is 1. The Morgan fingerprint density at radius 1 is 0.964 bits per heavy atom. The van der Waals surface area contributed by atoms with Gasteiger partial charge in [0.2, 0.25) is 0 Å². The van der Waals surface area contributed by atoms with Crippen molar-refractivity contribution in [3.8, 4) is 17.2 Å². The smallest absolute Gasteiger partial charge is 0.303 e. The van der Waals surface area contributed by atoms with Gasteiger partial charge in [-0.3, -0.25) is 9.59 Å². The summed E-state index contributed by atoms with van der Waals surface area (Å²) in [5.41, 5.74) is 1.30. The molecule has 7 nitrogen and oxygen atoms in total. The van der Waals surface area contributed by atoms with Crippen molar-refractivity contribution < 1.29 is 28.9 Å². The number of amides is 1. The molecule has 0 saturated carbocycles. The minimum absolute atomic E-state index is 0.0408. The molecular formula is C21H25NO6. The molecule has 28 heavy (non-hydrogen) atoms. The summed E-state index contributed by atoms with van der Waals surface area (Å²) in [6.07, 6.45) is 0.794. The van der Waals surface area contributed by atoms with Gasteiger partial charge in [0.1, 0.15) is 5.75 Å². The molecule has 0 saturated heterocycles. The number of carbonyl (C=O) groups excluding carboxylic acids is 1. The van der Waals surface area contributed by atoms with Crippen molar-refractivity contribution in [1.82, 2.24) is 5.32 Å². The highest BCUT2D eigenvalue weighted by Gasteiger charge is 2.21. The van der Waals surface area contributed by atoms with E-state index in [9.17, 15) is 9.59 Å². The largest absolute Gasteiger partial charge is 0.496 e. The fraction of sp³-hybridized carbons (Fsp3) is 0.333. The number of rotatable bonds is 10. The van der Waals surface area contributed by atoms with Gasteiger partial charge >= 0.3 is 5.97 Å². The van der Waals surface area contributed by atoms with E-state index in [2.05, 4.69) is 5.32 Å². The van der Waals surface area contributed by atoms with Crippen molar-refractivity contribution in [3.63, 3.8) is 0 Å². The quantitative estimate of drug-likeness (QED) is 0.651. The van der Waals surface area contributed by atoms with E-state index >= 15 is 0 Å². The molecule has 0 heterocycles. The zero-order chi connectivity index (χ0) is 20.5. The van der Waals surface area contributed by atoms with Crippen molar-refractivity contribution in [1.29, 1.82) is 0 Å². The van der Waals surface area contributed by atoms with E-state index in [-0.39, 0.29) is 23.9 Å². The molecular weight excluding hydrogens is 362 g/mol. The molecule has 0 spiro atoms. The number of hydrogen-bond acceptors (Lipinski definition) is 5. The fourth-order valence-electron chi connectivity index (χ4n) is 2.89. The standard InChI is InChI=1S/C21H25NO6/c1-26-17-13-19(28-3)18(27-2)12-16(17)21(25)22-15(9-10-20(23)24)11-14-7-5-4-6-8-14/h4-8,12-13,15H,9-11H2,1-3H3,(H,22,25)(H,23,24). The number of ether oxygens (including phenoxy) is 3. The van der Waals surface area contributed by atoms with Crippen molar-refractivity contribution in [2.24, 2.45) is 0 Å². The first-order valence-corrected chi connectivity index (χ1v) is 8.85. The number of methoxy groups -OCH3 is 3. The summed E-state index contributed by atoms with van der Waals surface area (Å²) >= 11 is 0. The molecule has 0 radical (unpaired) electrons. The first-order valence-electron chi connectivity index (χ1n) is 8.85. The zero-order valence-electron chi connectivity index (χ0n) is 16.2. The van der Waals surface area contributed by atoms with Gasteiger partial charge in [0.25, 0.3) is 5.91 Å². The van der Waals surface area contributed by atoms with Crippen LogP contribution in [0.15, 0.2) is 42.5 Å². The first-order chi connectivity index (χ1) is 13.5. The molecule has 0 aliphatic rings. The van der Waals surface area contributed by atoms with E-state index in [0.717, 1.165) is 5.56 Å². The molecule has 1 atom stereocenters. The van der Waals surface area contributed by atoms with Gasteiger partial charge in [-0.1, -0.05) is 30.3 Å². The molecule has 1 amide bonds. The third-order valence-corrected chi connectivity index (χ3v) is 4.32. The summed E-state index contributed by atoms with van der Waals surface area (Å²) in [5.74, 6) is -0.0896. The van der Waals surface area contributed by atoms with Gasteiger partial charge in [0.15, 0.2) is 11.5 Å². The number of hydrogen-bond donors (Lipinski definition) is 2. The average molecular weight is 387 g/mol. The van der Waals surface area contributed by atoms with Crippen LogP contribution in [0.1, 0.15) is 28.8 Å². The Morgan fingerprint density at radius 2 is 1.57 bits per heavy atom. The normalized spacial score (nSPS) is 11.4. The lowest BCUT2D eigenvalue weighted by atomic mass is 10.0. The van der Waals surface area contributed by atoms with Crippen LogP contribution < -0.4 is 19.5 Å². The molecule has 0 bridgehead atoms. The van der Waals surface area contributed by atoms with Crippen LogP contribution in [0.4, 0.5) is 0 Å². The van der Waals surface area contributed by atoms with E-state index in [1.54, 1.807) is 12.1 Å². The Labute approximate surface area is 164 Å². The van der Waals surface area contributed by atoms with E-state index in [1.807, 2.05) is 30.3 Å². The van der Waals surface area contributed by atoms with Crippen LogP contribution in [-0.4, -0.2) is 44.4 Å². The van der Waals surface area contributed by atoms with Gasteiger partial charge in [0, 0.05) is 24.6 Å². The number of benzene rings is 2. The molecule has 2 aromatic carbocycles. The Morgan fingerprint density at radius 3 is 2.14 bits per heavy atom. The van der Waals surface area contributed by atoms with Crippen molar-refractivity contribution in [3.05, 3.63) is 53.6 Å². The average Bonchev–Trinajstić information content (AvgIpc) is 2.71. The second kappa shape index (κ2) is 10.2. The summed E-state index contributed by atoms with van der Waals surface area (Å²) in [6.45, 7) is 0. The summed E-state index contributed by atoms with van der Waals surface area (Å²) in [4.78, 5) is 23.9. The maximum atomic E-state index is 12.9. The van der Waals surface area contributed by atoms with Gasteiger partial charge < -0.3 is 24.6 Å². The topological polar surface area (TPSA) is 94.1 Å². The molecule has 7 heteroatoms. The van der Waals surface area contributed by atoms with E-state index < -0.39 is 5.97 Å².